The van der Waals surface area contributed by atoms with Gasteiger partial charge in [0.25, 0.3) is 0 Å². The van der Waals surface area contributed by atoms with Gasteiger partial charge in [0.1, 0.15) is 0 Å². The minimum absolute atomic E-state index is 0.315. The summed E-state index contributed by atoms with van der Waals surface area (Å²) in [7, 11) is 0. The van der Waals surface area contributed by atoms with Gasteiger partial charge in [-0.1, -0.05) is 0 Å². The molecule has 0 amide bonds. The van der Waals surface area contributed by atoms with Gasteiger partial charge in [0.15, 0.2) is 6.23 Å². The first kappa shape index (κ1) is 3.74. The van der Waals surface area contributed by atoms with Crippen LogP contribution in [-0.4, -0.2) is 12.8 Å². The van der Waals surface area contributed by atoms with E-state index in [1.807, 2.05) is 0 Å². The summed E-state index contributed by atoms with van der Waals surface area (Å²) < 4.78 is 4.60. The molecule has 1 rings (SSSR count). The van der Waals surface area contributed by atoms with Crippen LogP contribution in [0.1, 0.15) is 6.42 Å². The molecular formula is C3H5NO2. The summed E-state index contributed by atoms with van der Waals surface area (Å²) >= 11 is 0. The van der Waals surface area contributed by atoms with Gasteiger partial charge in [-0.05, 0) is 5.18 Å². The predicted molar refractivity (Wildman–Crippen MR) is 20.2 cm³/mol. The van der Waals surface area contributed by atoms with Crippen LogP contribution in [0.5, 0.6) is 0 Å². The molecule has 0 saturated carbocycles. The second-order valence-electron chi connectivity index (χ2n) is 1.22. The molecular weight excluding hydrogens is 82.0 g/mol. The Bertz CT molecular complexity index is 59.8. The lowest BCUT2D eigenvalue weighted by Crippen LogP contribution is -2.23. The summed E-state index contributed by atoms with van der Waals surface area (Å²) in [6.45, 7) is 0.705. The Morgan fingerprint density at radius 2 is 2.50 bits per heavy atom. The topological polar surface area (TPSA) is 38.7 Å². The van der Waals surface area contributed by atoms with Crippen LogP contribution in [0.2, 0.25) is 0 Å². The van der Waals surface area contributed by atoms with Crippen LogP contribution in [0, 0.1) is 4.91 Å². The second kappa shape index (κ2) is 1.34. The Labute approximate surface area is 35.3 Å². The first-order valence-corrected chi connectivity index (χ1v) is 1.87. The largest absolute Gasteiger partial charge is 0.353 e. The van der Waals surface area contributed by atoms with Crippen molar-refractivity contribution >= 4 is 0 Å². The highest BCUT2D eigenvalue weighted by molar-refractivity contribution is 4.60. The number of hydrogen-bond acceptors (Lipinski definition) is 3. The third-order valence-corrected chi connectivity index (χ3v) is 0.793. The number of nitroso groups, excluding NO2 is 1. The van der Waals surface area contributed by atoms with E-state index in [1.165, 1.54) is 0 Å². The monoisotopic (exact) mass is 87.0 g/mol. The molecule has 0 aliphatic carbocycles. The molecule has 1 saturated heterocycles. The second-order valence-corrected chi connectivity index (χ2v) is 1.22. The van der Waals surface area contributed by atoms with Crippen LogP contribution in [0.15, 0.2) is 5.18 Å². The van der Waals surface area contributed by atoms with Crippen molar-refractivity contribution in [1.82, 2.24) is 0 Å². The highest BCUT2D eigenvalue weighted by Gasteiger charge is 2.16. The van der Waals surface area contributed by atoms with Crippen LogP contribution in [0.3, 0.4) is 0 Å². The van der Waals surface area contributed by atoms with E-state index in [0.717, 1.165) is 6.42 Å². The molecule has 0 aromatic heterocycles. The first-order valence-electron chi connectivity index (χ1n) is 1.87. The van der Waals surface area contributed by atoms with Gasteiger partial charge in [0.2, 0.25) is 0 Å². The first-order chi connectivity index (χ1) is 2.93. The Morgan fingerprint density at radius 1 is 1.83 bits per heavy atom. The van der Waals surface area contributed by atoms with E-state index >= 15 is 0 Å². The lowest BCUT2D eigenvalue weighted by Gasteiger charge is -2.17. The maximum Gasteiger partial charge on any atom is 0.191 e. The van der Waals surface area contributed by atoms with Gasteiger partial charge in [-0.15, -0.1) is 4.91 Å². The SMILES string of the molecule is O=NC1CCO1. The smallest absolute Gasteiger partial charge is 0.191 e. The molecule has 3 nitrogen and oxygen atoms in total. The fourth-order valence-electron chi connectivity index (χ4n) is 0.306. The zero-order valence-electron chi connectivity index (χ0n) is 3.26. The lowest BCUT2D eigenvalue weighted by molar-refractivity contribution is -0.0448. The number of hydrogen-bond donors (Lipinski definition) is 0. The number of ether oxygens (including phenoxy) is 1. The molecule has 0 N–H and O–H groups in total. The number of nitrogens with zero attached hydrogens (tertiary/aromatic N) is 1. The Balaban J connectivity index is 2.16. The van der Waals surface area contributed by atoms with E-state index < -0.39 is 0 Å². The van der Waals surface area contributed by atoms with Crippen LogP contribution in [-0.2, 0) is 4.74 Å². The molecule has 34 valence electrons. The molecule has 1 unspecified atom stereocenters. The summed E-state index contributed by atoms with van der Waals surface area (Å²) in [6.07, 6.45) is 0.494. The van der Waals surface area contributed by atoms with Gasteiger partial charge in [-0.3, -0.25) is 0 Å². The van der Waals surface area contributed by atoms with Crippen molar-refractivity contribution in [3.8, 4) is 0 Å². The zero-order valence-corrected chi connectivity index (χ0v) is 3.26. The van der Waals surface area contributed by atoms with Crippen molar-refractivity contribution in [2.75, 3.05) is 6.61 Å². The van der Waals surface area contributed by atoms with E-state index in [0.29, 0.717) is 6.61 Å². The summed E-state index contributed by atoms with van der Waals surface area (Å²) in [4.78, 5) is 9.41. The normalized spacial score (nSPS) is 31.7. The molecule has 1 aliphatic rings. The van der Waals surface area contributed by atoms with Crippen molar-refractivity contribution in [3.05, 3.63) is 4.91 Å². The molecule has 1 fully saturated rings. The molecule has 0 aromatic carbocycles. The third-order valence-electron chi connectivity index (χ3n) is 0.793. The summed E-state index contributed by atoms with van der Waals surface area (Å²) in [5, 5.41) is 2.62. The third kappa shape index (κ3) is 0.408. The molecule has 1 heterocycles. The quantitative estimate of drug-likeness (QED) is 0.437. The molecule has 0 spiro atoms. The molecule has 3 heteroatoms. The Hall–Kier alpha value is -0.440. The molecule has 0 radical (unpaired) electrons. The van der Waals surface area contributed by atoms with Gasteiger partial charge >= 0.3 is 0 Å². The molecule has 0 aromatic rings. The highest BCUT2D eigenvalue weighted by atomic mass is 16.5. The van der Waals surface area contributed by atoms with Crippen LogP contribution >= 0.6 is 0 Å². The van der Waals surface area contributed by atoms with E-state index in [-0.39, 0.29) is 6.23 Å². The minimum Gasteiger partial charge on any atom is -0.353 e. The minimum atomic E-state index is -0.315. The van der Waals surface area contributed by atoms with E-state index in [2.05, 4.69) is 9.91 Å². The van der Waals surface area contributed by atoms with Crippen molar-refractivity contribution < 1.29 is 4.74 Å². The average Bonchev–Trinajstić information content (AvgIpc) is 1.31. The van der Waals surface area contributed by atoms with Crippen LogP contribution in [0.25, 0.3) is 0 Å². The fraction of sp³-hybridized carbons (Fsp3) is 1.00. The number of rotatable bonds is 1. The van der Waals surface area contributed by atoms with E-state index in [4.69, 9.17) is 0 Å². The van der Waals surface area contributed by atoms with Crippen molar-refractivity contribution in [1.29, 1.82) is 0 Å². The highest BCUT2D eigenvalue weighted by Crippen LogP contribution is 2.09. The van der Waals surface area contributed by atoms with Gasteiger partial charge in [0, 0.05) is 6.42 Å². The Kier molecular flexibility index (Phi) is 0.837. The van der Waals surface area contributed by atoms with Crippen molar-refractivity contribution in [2.24, 2.45) is 5.18 Å². The summed E-state index contributed by atoms with van der Waals surface area (Å²) in [5.74, 6) is 0. The zero-order chi connectivity index (χ0) is 4.41. The van der Waals surface area contributed by atoms with Crippen molar-refractivity contribution in [3.63, 3.8) is 0 Å². The van der Waals surface area contributed by atoms with E-state index in [9.17, 15) is 4.91 Å². The van der Waals surface area contributed by atoms with Crippen molar-refractivity contribution in [2.45, 2.75) is 12.6 Å². The summed E-state index contributed by atoms with van der Waals surface area (Å²) in [5.41, 5.74) is 0. The molecule has 6 heavy (non-hydrogen) atoms. The Morgan fingerprint density at radius 3 is 2.50 bits per heavy atom. The van der Waals surface area contributed by atoms with Gasteiger partial charge in [0.05, 0.1) is 6.61 Å². The van der Waals surface area contributed by atoms with Crippen LogP contribution in [0.4, 0.5) is 0 Å². The fourth-order valence-corrected chi connectivity index (χ4v) is 0.306. The maximum atomic E-state index is 9.41. The molecule has 1 atom stereocenters. The molecule has 1 aliphatic heterocycles. The van der Waals surface area contributed by atoms with E-state index in [1.54, 1.807) is 0 Å². The van der Waals surface area contributed by atoms with Gasteiger partial charge < -0.3 is 4.74 Å². The van der Waals surface area contributed by atoms with Gasteiger partial charge in [-0.2, -0.15) is 0 Å². The standard InChI is InChI=1S/C3H5NO2/c5-4-3-1-2-6-3/h3H,1-2H2. The summed E-state index contributed by atoms with van der Waals surface area (Å²) in [6, 6.07) is 0. The lowest BCUT2D eigenvalue weighted by atomic mass is 10.3. The van der Waals surface area contributed by atoms with Gasteiger partial charge in [-0.25, -0.2) is 0 Å². The maximum absolute atomic E-state index is 9.41. The average molecular weight is 87.1 g/mol. The molecule has 0 bridgehead atoms. The predicted octanol–water partition coefficient (Wildman–Crippen LogP) is 0.499. The van der Waals surface area contributed by atoms with Crippen LogP contribution < -0.4 is 0 Å².